The molecule has 0 amide bonds. The molecule has 1 N–H and O–H groups in total. The Kier molecular flexibility index (Phi) is 1.48. The number of nitrogens with one attached hydrogen (secondary N) is 1. The van der Waals surface area contributed by atoms with Crippen LogP contribution in [0.2, 0.25) is 0 Å². The van der Waals surface area contributed by atoms with Crippen molar-refractivity contribution >= 4 is 14.0 Å². The van der Waals surface area contributed by atoms with Crippen LogP contribution in [0.1, 0.15) is 18.5 Å². The summed E-state index contributed by atoms with van der Waals surface area (Å²) in [6.07, 6.45) is 0. The topological polar surface area (TPSA) is 12.0 Å². The third-order valence-corrected chi connectivity index (χ3v) is 3.15. The fourth-order valence-corrected chi connectivity index (χ4v) is 2.40. The molecule has 1 unspecified atom stereocenters. The molecule has 0 spiro atoms. The van der Waals surface area contributed by atoms with Crippen LogP contribution in [0.3, 0.4) is 0 Å². The molecule has 1 aliphatic rings. The summed E-state index contributed by atoms with van der Waals surface area (Å²) in [5.74, 6) is 0. The fourth-order valence-electron chi connectivity index (χ4n) is 1.25. The lowest BCUT2D eigenvalue weighted by Gasteiger charge is -2.01. The van der Waals surface area contributed by atoms with Gasteiger partial charge in [0.05, 0.1) is 0 Å². The Morgan fingerprint density at radius 1 is 1.40 bits per heavy atom. The summed E-state index contributed by atoms with van der Waals surface area (Å²) in [5.41, 5.74) is 1.47. The molecule has 0 saturated heterocycles. The van der Waals surface area contributed by atoms with Crippen LogP contribution in [0.15, 0.2) is 24.3 Å². The Bertz CT molecular complexity index is 247. The number of fused-ring (bicyclic) bond motifs is 1. The van der Waals surface area contributed by atoms with Gasteiger partial charge in [0.2, 0.25) is 0 Å². The second-order valence-electron chi connectivity index (χ2n) is 2.58. The van der Waals surface area contributed by atoms with Crippen molar-refractivity contribution in [2.24, 2.45) is 0 Å². The van der Waals surface area contributed by atoms with Gasteiger partial charge in [-0.05, 0) is 26.5 Å². The summed E-state index contributed by atoms with van der Waals surface area (Å²) >= 11 is 0. The van der Waals surface area contributed by atoms with E-state index in [1.165, 1.54) is 10.9 Å². The molecule has 2 rings (SSSR count). The zero-order chi connectivity index (χ0) is 6.97. The predicted molar refractivity (Wildman–Crippen MR) is 45.9 cm³/mol. The lowest BCUT2D eigenvalue weighted by molar-refractivity contribution is 0.772. The summed E-state index contributed by atoms with van der Waals surface area (Å²) < 4.78 is 0. The van der Waals surface area contributed by atoms with Gasteiger partial charge in [-0.2, -0.15) is 0 Å². The van der Waals surface area contributed by atoms with E-state index in [1.807, 2.05) is 0 Å². The summed E-state index contributed by atoms with van der Waals surface area (Å²) in [7, 11) is 0.810. The average Bonchev–Trinajstić information content (AvgIpc) is 2.34. The van der Waals surface area contributed by atoms with Crippen molar-refractivity contribution < 1.29 is 0 Å². The highest BCUT2D eigenvalue weighted by Gasteiger charge is 2.15. The van der Waals surface area contributed by atoms with Gasteiger partial charge in [0.25, 0.3) is 0 Å². The van der Waals surface area contributed by atoms with E-state index in [4.69, 9.17) is 0 Å². The summed E-state index contributed by atoms with van der Waals surface area (Å²) in [5, 5.41) is 4.89. The lowest BCUT2D eigenvalue weighted by atomic mass is 10.1. The smallest absolute Gasteiger partial charge is 0.0335 e. The summed E-state index contributed by atoms with van der Waals surface area (Å²) in [6, 6.07) is 9.17. The highest BCUT2D eigenvalue weighted by atomic mass is 31.1. The van der Waals surface area contributed by atoms with Crippen LogP contribution >= 0.6 is 8.73 Å². The van der Waals surface area contributed by atoms with Gasteiger partial charge in [0.15, 0.2) is 0 Å². The van der Waals surface area contributed by atoms with Crippen molar-refractivity contribution in [3.8, 4) is 0 Å². The minimum absolute atomic E-state index is 0.564. The van der Waals surface area contributed by atoms with Crippen LogP contribution < -0.4 is 10.4 Å². The van der Waals surface area contributed by atoms with Gasteiger partial charge in [0.1, 0.15) is 0 Å². The third-order valence-electron chi connectivity index (χ3n) is 1.85. The minimum atomic E-state index is 0.564. The normalized spacial score (nSPS) is 25.1. The van der Waals surface area contributed by atoms with Crippen LogP contribution in [0.5, 0.6) is 0 Å². The largest absolute Gasteiger partial charge is 0.288 e. The molecular weight excluding hydrogens is 141 g/mol. The molecule has 1 aliphatic heterocycles. The third kappa shape index (κ3) is 0.865. The zero-order valence-corrected chi connectivity index (χ0v) is 6.89. The van der Waals surface area contributed by atoms with Crippen LogP contribution in [0.25, 0.3) is 0 Å². The van der Waals surface area contributed by atoms with Gasteiger partial charge in [-0.1, -0.05) is 24.3 Å². The number of hydrogen-bond acceptors (Lipinski definition) is 1. The average molecular weight is 151 g/mol. The fraction of sp³-hybridized carbons (Fsp3) is 0.250. The first-order valence-corrected chi connectivity index (χ1v) is 4.48. The zero-order valence-electron chi connectivity index (χ0n) is 5.89. The monoisotopic (exact) mass is 151 g/mol. The molecule has 0 aliphatic carbocycles. The molecule has 52 valence electrons. The summed E-state index contributed by atoms with van der Waals surface area (Å²) in [4.78, 5) is 0. The maximum Gasteiger partial charge on any atom is 0.0335 e. The van der Waals surface area contributed by atoms with E-state index in [-0.39, 0.29) is 0 Å². The molecule has 2 atom stereocenters. The Morgan fingerprint density at radius 2 is 2.20 bits per heavy atom. The molecule has 0 bridgehead atoms. The van der Waals surface area contributed by atoms with Gasteiger partial charge in [-0.25, -0.2) is 0 Å². The quantitative estimate of drug-likeness (QED) is 0.555. The van der Waals surface area contributed by atoms with E-state index >= 15 is 0 Å². The predicted octanol–water partition coefficient (Wildman–Crippen LogP) is 1.57. The van der Waals surface area contributed by atoms with Crippen molar-refractivity contribution in [3.63, 3.8) is 0 Å². The highest BCUT2D eigenvalue weighted by Crippen LogP contribution is 2.26. The number of rotatable bonds is 0. The first-order chi connectivity index (χ1) is 4.88. The molecule has 10 heavy (non-hydrogen) atoms. The van der Waals surface area contributed by atoms with E-state index in [0.29, 0.717) is 6.04 Å². The van der Waals surface area contributed by atoms with E-state index < -0.39 is 0 Å². The van der Waals surface area contributed by atoms with Crippen LogP contribution in [0.4, 0.5) is 0 Å². The number of hydrogen-bond donors (Lipinski definition) is 1. The molecule has 1 nitrogen and oxygen atoms in total. The van der Waals surface area contributed by atoms with Gasteiger partial charge >= 0.3 is 0 Å². The van der Waals surface area contributed by atoms with Crippen LogP contribution in [-0.4, -0.2) is 0 Å². The second-order valence-corrected chi connectivity index (χ2v) is 3.66. The van der Waals surface area contributed by atoms with E-state index in [1.54, 1.807) is 0 Å². The van der Waals surface area contributed by atoms with Crippen molar-refractivity contribution in [3.05, 3.63) is 29.8 Å². The molecule has 1 aromatic carbocycles. The van der Waals surface area contributed by atoms with Crippen LogP contribution in [0, 0.1) is 0 Å². The number of benzene rings is 1. The standard InChI is InChI=1S/C8H10NP/c1-6-7-4-2-3-5-8(7)10-9-6/h2-6,9-10H,1H3/t6-/m0/s1. The summed E-state index contributed by atoms with van der Waals surface area (Å²) in [6.45, 7) is 2.21. The van der Waals surface area contributed by atoms with Crippen molar-refractivity contribution in [2.45, 2.75) is 13.0 Å². The molecular formula is C8H10NP. The molecule has 2 heteroatoms. The highest BCUT2D eigenvalue weighted by molar-refractivity contribution is 7.45. The van der Waals surface area contributed by atoms with Gasteiger partial charge < -0.3 is 0 Å². The maximum atomic E-state index is 3.41. The first-order valence-electron chi connectivity index (χ1n) is 3.48. The Labute approximate surface area is 62.7 Å². The molecule has 1 aromatic rings. The Morgan fingerprint density at radius 3 is 3.00 bits per heavy atom. The Hall–Kier alpha value is -0.390. The minimum Gasteiger partial charge on any atom is -0.288 e. The van der Waals surface area contributed by atoms with E-state index in [9.17, 15) is 0 Å². The van der Waals surface area contributed by atoms with Gasteiger partial charge in [-0.15, -0.1) is 0 Å². The lowest BCUT2D eigenvalue weighted by Crippen LogP contribution is -2.01. The van der Waals surface area contributed by atoms with Crippen molar-refractivity contribution in [1.82, 2.24) is 5.09 Å². The molecule has 0 saturated carbocycles. The maximum absolute atomic E-state index is 3.41. The first kappa shape index (κ1) is 6.33. The molecule has 0 aromatic heterocycles. The van der Waals surface area contributed by atoms with Crippen LogP contribution in [-0.2, 0) is 0 Å². The van der Waals surface area contributed by atoms with E-state index in [0.717, 1.165) is 8.73 Å². The SMILES string of the molecule is C[C@@H]1NPc2ccccc21. The van der Waals surface area contributed by atoms with Gasteiger partial charge in [0, 0.05) is 6.04 Å². The molecule has 0 fully saturated rings. The van der Waals surface area contributed by atoms with E-state index in [2.05, 4.69) is 36.3 Å². The van der Waals surface area contributed by atoms with Gasteiger partial charge in [-0.3, -0.25) is 5.09 Å². The second kappa shape index (κ2) is 2.34. The molecule has 1 heterocycles. The molecule has 0 radical (unpaired) electrons. The Balaban J connectivity index is 2.51. The van der Waals surface area contributed by atoms with Crippen molar-refractivity contribution in [1.29, 1.82) is 0 Å². The van der Waals surface area contributed by atoms with Crippen molar-refractivity contribution in [2.75, 3.05) is 0 Å².